The first-order valence-corrected chi connectivity index (χ1v) is 8.34. The van der Waals surface area contributed by atoms with Gasteiger partial charge < -0.3 is 15.3 Å². The second-order valence-corrected chi connectivity index (χ2v) is 6.19. The van der Waals surface area contributed by atoms with E-state index in [9.17, 15) is 19.5 Å². The van der Waals surface area contributed by atoms with Gasteiger partial charge in [0.1, 0.15) is 0 Å². The molecule has 1 saturated heterocycles. The molecule has 2 N–H and O–H groups in total. The van der Waals surface area contributed by atoms with Gasteiger partial charge >= 0.3 is 5.97 Å². The summed E-state index contributed by atoms with van der Waals surface area (Å²) in [4.78, 5) is 37.2. The molecule has 6 nitrogen and oxygen atoms in total. The van der Waals surface area contributed by atoms with E-state index in [1.54, 1.807) is 23.1 Å². The molecule has 6 heteroatoms. The van der Waals surface area contributed by atoms with Gasteiger partial charge in [-0.2, -0.15) is 0 Å². The Morgan fingerprint density at radius 2 is 2.08 bits per heavy atom. The smallest absolute Gasteiger partial charge is 0.330 e. The van der Waals surface area contributed by atoms with Crippen molar-refractivity contribution in [3.05, 3.63) is 35.4 Å². The zero-order chi connectivity index (χ0) is 17.5. The number of rotatable bonds is 6. The number of carbonyl (C=O) groups excluding carboxylic acids is 2. The van der Waals surface area contributed by atoms with Crippen molar-refractivity contribution in [2.75, 3.05) is 13.1 Å². The fourth-order valence-electron chi connectivity index (χ4n) is 2.88. The Bertz CT molecular complexity index is 615. The van der Waals surface area contributed by atoms with Gasteiger partial charge in [0.15, 0.2) is 6.04 Å². The largest absolute Gasteiger partial charge is 0.479 e. The molecule has 0 aliphatic carbocycles. The van der Waals surface area contributed by atoms with Crippen molar-refractivity contribution in [2.24, 2.45) is 0 Å². The van der Waals surface area contributed by atoms with Crippen molar-refractivity contribution in [3.8, 4) is 0 Å². The van der Waals surface area contributed by atoms with Crippen molar-refractivity contribution in [1.82, 2.24) is 10.2 Å². The van der Waals surface area contributed by atoms with Crippen LogP contribution < -0.4 is 5.32 Å². The Morgan fingerprint density at radius 3 is 2.79 bits per heavy atom. The van der Waals surface area contributed by atoms with Crippen molar-refractivity contribution in [2.45, 2.75) is 45.1 Å². The molecule has 0 aromatic heterocycles. The van der Waals surface area contributed by atoms with Crippen LogP contribution in [0.3, 0.4) is 0 Å². The number of nitrogens with one attached hydrogen (secondary N) is 1. The van der Waals surface area contributed by atoms with Gasteiger partial charge in [-0.25, -0.2) is 4.79 Å². The number of carboxylic acids is 1. The molecular formula is C18H24N2O4. The molecule has 1 aromatic rings. The summed E-state index contributed by atoms with van der Waals surface area (Å²) >= 11 is 0. The second-order valence-electron chi connectivity index (χ2n) is 6.19. The Hall–Kier alpha value is -2.37. The first-order chi connectivity index (χ1) is 11.5. The van der Waals surface area contributed by atoms with Crippen LogP contribution in [0.1, 0.15) is 49.3 Å². The highest BCUT2D eigenvalue weighted by molar-refractivity contribution is 5.85. The molecule has 0 bridgehead atoms. The molecule has 0 spiro atoms. The number of hydrogen-bond acceptors (Lipinski definition) is 3. The number of hydrogen-bond donors (Lipinski definition) is 2. The van der Waals surface area contributed by atoms with Crippen LogP contribution in [-0.4, -0.2) is 40.9 Å². The van der Waals surface area contributed by atoms with E-state index in [0.29, 0.717) is 25.1 Å². The van der Waals surface area contributed by atoms with E-state index in [4.69, 9.17) is 0 Å². The highest BCUT2D eigenvalue weighted by atomic mass is 16.4. The van der Waals surface area contributed by atoms with Crippen LogP contribution >= 0.6 is 0 Å². The van der Waals surface area contributed by atoms with Crippen molar-refractivity contribution in [3.63, 3.8) is 0 Å². The average molecular weight is 332 g/mol. The molecule has 0 radical (unpaired) electrons. The van der Waals surface area contributed by atoms with Crippen LogP contribution in [0.15, 0.2) is 24.3 Å². The first kappa shape index (κ1) is 18.0. The quantitative estimate of drug-likeness (QED) is 0.834. The summed E-state index contributed by atoms with van der Waals surface area (Å²) in [7, 11) is 0. The minimum Gasteiger partial charge on any atom is -0.479 e. The van der Waals surface area contributed by atoms with Crippen molar-refractivity contribution in [1.29, 1.82) is 0 Å². The molecule has 1 aromatic carbocycles. The number of benzene rings is 1. The van der Waals surface area contributed by atoms with Gasteiger partial charge in [-0.1, -0.05) is 36.2 Å². The van der Waals surface area contributed by atoms with Gasteiger partial charge in [0.2, 0.25) is 11.8 Å². The second kappa shape index (κ2) is 8.47. The maximum absolute atomic E-state index is 12.1. The fraction of sp³-hybridized carbons (Fsp3) is 0.500. The Morgan fingerprint density at radius 1 is 1.29 bits per heavy atom. The van der Waals surface area contributed by atoms with Crippen LogP contribution in [-0.2, 0) is 14.4 Å². The highest BCUT2D eigenvalue weighted by Gasteiger charge is 2.23. The lowest BCUT2D eigenvalue weighted by Crippen LogP contribution is -2.38. The number of carboxylic acid groups (broad SMARTS) is 1. The molecule has 1 atom stereocenters. The number of likely N-dealkylation sites (tertiary alicyclic amines) is 1. The van der Waals surface area contributed by atoms with Crippen molar-refractivity contribution >= 4 is 17.8 Å². The molecule has 1 aliphatic rings. The van der Waals surface area contributed by atoms with Crippen LogP contribution in [0.2, 0.25) is 0 Å². The van der Waals surface area contributed by atoms with Crippen LogP contribution in [0.5, 0.6) is 0 Å². The summed E-state index contributed by atoms with van der Waals surface area (Å²) in [6.45, 7) is 2.88. The third-order valence-corrected chi connectivity index (χ3v) is 4.21. The number of carbonyl (C=O) groups is 3. The topological polar surface area (TPSA) is 86.7 Å². The third-order valence-electron chi connectivity index (χ3n) is 4.21. The molecule has 1 heterocycles. The predicted octanol–water partition coefficient (Wildman–Crippen LogP) is 2.03. The molecule has 130 valence electrons. The summed E-state index contributed by atoms with van der Waals surface area (Å²) in [5.74, 6) is -1.38. The number of amides is 2. The predicted molar refractivity (Wildman–Crippen MR) is 89.4 cm³/mol. The summed E-state index contributed by atoms with van der Waals surface area (Å²) in [5, 5.41) is 11.9. The van der Waals surface area contributed by atoms with E-state index in [-0.39, 0.29) is 18.2 Å². The van der Waals surface area contributed by atoms with Gasteiger partial charge in [-0.3, -0.25) is 9.59 Å². The minimum atomic E-state index is -1.10. The first-order valence-electron chi connectivity index (χ1n) is 8.34. The maximum atomic E-state index is 12.1. The van der Waals surface area contributed by atoms with Gasteiger partial charge in [0.05, 0.1) is 0 Å². The van der Waals surface area contributed by atoms with E-state index < -0.39 is 12.0 Å². The lowest BCUT2D eigenvalue weighted by Gasteiger charge is -2.21. The lowest BCUT2D eigenvalue weighted by molar-refractivity contribution is -0.142. The Labute approximate surface area is 141 Å². The van der Waals surface area contributed by atoms with Crippen LogP contribution in [0.25, 0.3) is 0 Å². The zero-order valence-electron chi connectivity index (χ0n) is 14.0. The van der Waals surface area contributed by atoms with Gasteiger partial charge in [-0.05, 0) is 25.3 Å². The third kappa shape index (κ3) is 5.08. The molecule has 1 aliphatic heterocycles. The molecule has 2 rings (SSSR count). The van der Waals surface area contributed by atoms with Gasteiger partial charge in [-0.15, -0.1) is 0 Å². The number of aryl methyl sites for hydroxylation is 1. The normalized spacial score (nSPS) is 16.4. The molecule has 1 unspecified atom stereocenters. The Balaban J connectivity index is 1.93. The van der Waals surface area contributed by atoms with E-state index in [2.05, 4.69) is 5.32 Å². The van der Waals surface area contributed by atoms with Gasteiger partial charge in [0, 0.05) is 25.9 Å². The summed E-state index contributed by atoms with van der Waals surface area (Å²) in [6.07, 6.45) is 3.53. The average Bonchev–Trinajstić information content (AvgIpc) is 2.74. The van der Waals surface area contributed by atoms with Gasteiger partial charge in [0.25, 0.3) is 0 Å². The Kier molecular flexibility index (Phi) is 6.35. The molecule has 1 fully saturated rings. The SMILES string of the molecule is Cc1cccc(C(NC(=O)CCN2CCCCCC2=O)C(=O)O)c1. The lowest BCUT2D eigenvalue weighted by atomic mass is 10.0. The van der Waals surface area contributed by atoms with E-state index in [0.717, 1.165) is 24.8 Å². The van der Waals surface area contributed by atoms with Crippen LogP contribution in [0, 0.1) is 6.92 Å². The summed E-state index contributed by atoms with van der Waals surface area (Å²) < 4.78 is 0. The summed E-state index contributed by atoms with van der Waals surface area (Å²) in [5.41, 5.74) is 1.48. The van der Waals surface area contributed by atoms with Crippen LogP contribution in [0.4, 0.5) is 0 Å². The molecular weight excluding hydrogens is 308 g/mol. The van der Waals surface area contributed by atoms with E-state index >= 15 is 0 Å². The molecule has 2 amide bonds. The monoisotopic (exact) mass is 332 g/mol. The van der Waals surface area contributed by atoms with Crippen molar-refractivity contribution < 1.29 is 19.5 Å². The standard InChI is InChI=1S/C18H24N2O4/c1-13-6-5-7-14(12-13)17(18(23)24)19-15(21)9-11-20-10-4-2-3-8-16(20)22/h5-7,12,17H,2-4,8-11H2,1H3,(H,19,21)(H,23,24). The highest BCUT2D eigenvalue weighted by Crippen LogP contribution is 2.16. The number of aliphatic carboxylic acids is 1. The zero-order valence-corrected chi connectivity index (χ0v) is 14.0. The molecule has 0 saturated carbocycles. The fourth-order valence-corrected chi connectivity index (χ4v) is 2.88. The van der Waals surface area contributed by atoms with E-state index in [1.807, 2.05) is 13.0 Å². The summed E-state index contributed by atoms with van der Waals surface area (Å²) in [6, 6.07) is 6.00. The van der Waals surface area contributed by atoms with E-state index in [1.165, 1.54) is 0 Å². The minimum absolute atomic E-state index is 0.0776. The number of nitrogens with zero attached hydrogens (tertiary/aromatic N) is 1. The maximum Gasteiger partial charge on any atom is 0.330 e. The molecule has 24 heavy (non-hydrogen) atoms.